The zero-order chi connectivity index (χ0) is 16.1. The van der Waals surface area contributed by atoms with Crippen LogP contribution in [0.5, 0.6) is 0 Å². The van der Waals surface area contributed by atoms with Gasteiger partial charge in [-0.15, -0.1) is 5.06 Å². The third-order valence-electron chi connectivity index (χ3n) is 2.81. The molecular formula is C14H12N2O5S. The quantitative estimate of drug-likeness (QED) is 0.443. The number of nitrogens with zero attached hydrogens (tertiary/aromatic N) is 2. The molecule has 1 unspecified atom stereocenters. The zero-order valence-corrected chi connectivity index (χ0v) is 12.5. The summed E-state index contributed by atoms with van der Waals surface area (Å²) < 4.78 is 4.97. The summed E-state index contributed by atoms with van der Waals surface area (Å²) in [4.78, 5) is 40.3. The first-order valence-electron chi connectivity index (χ1n) is 6.33. The van der Waals surface area contributed by atoms with Crippen molar-refractivity contribution < 1.29 is 24.0 Å². The molecule has 22 heavy (non-hydrogen) atoms. The number of imide groups is 1. The summed E-state index contributed by atoms with van der Waals surface area (Å²) in [5.74, 6) is -1.47. The number of hydrogen-bond acceptors (Lipinski definition) is 7. The Balaban J connectivity index is 2.02. The van der Waals surface area contributed by atoms with Crippen LogP contribution in [0.25, 0.3) is 0 Å². The molecule has 0 spiro atoms. The van der Waals surface area contributed by atoms with E-state index in [4.69, 9.17) is 14.8 Å². The Labute approximate surface area is 130 Å². The van der Waals surface area contributed by atoms with Crippen molar-refractivity contribution in [3.05, 3.63) is 35.4 Å². The molecule has 0 aromatic heterocycles. The molecule has 1 aliphatic heterocycles. The Kier molecular flexibility index (Phi) is 5.14. The second-order valence-electron chi connectivity index (χ2n) is 4.38. The predicted octanol–water partition coefficient (Wildman–Crippen LogP) is 1.36. The SMILES string of the molecule is CC(=O)OC(CON1C(=O)c2ccccc2C1=O)CSC#N. The summed E-state index contributed by atoms with van der Waals surface area (Å²) in [6.45, 7) is 1.03. The van der Waals surface area contributed by atoms with Gasteiger partial charge in [0.1, 0.15) is 18.1 Å². The van der Waals surface area contributed by atoms with E-state index in [2.05, 4.69) is 0 Å². The second kappa shape index (κ2) is 7.06. The van der Waals surface area contributed by atoms with Gasteiger partial charge in [0, 0.05) is 12.7 Å². The van der Waals surface area contributed by atoms with Crippen LogP contribution in [0, 0.1) is 10.7 Å². The number of thioether (sulfide) groups is 1. The Bertz CT molecular complexity index is 620. The number of ether oxygens (including phenoxy) is 1. The van der Waals surface area contributed by atoms with Gasteiger partial charge in [-0.2, -0.15) is 5.26 Å². The molecule has 8 heteroatoms. The summed E-state index contributed by atoms with van der Waals surface area (Å²) in [6.07, 6.45) is -0.730. The lowest BCUT2D eigenvalue weighted by atomic mass is 10.1. The second-order valence-corrected chi connectivity index (χ2v) is 5.18. The topological polar surface area (TPSA) is 96.7 Å². The predicted molar refractivity (Wildman–Crippen MR) is 76.5 cm³/mol. The van der Waals surface area contributed by atoms with E-state index in [1.54, 1.807) is 12.1 Å². The minimum absolute atomic E-state index is 0.180. The largest absolute Gasteiger partial charge is 0.459 e. The van der Waals surface area contributed by atoms with E-state index >= 15 is 0 Å². The first kappa shape index (κ1) is 16.0. The maximum atomic E-state index is 12.1. The molecular weight excluding hydrogens is 308 g/mol. The first-order valence-corrected chi connectivity index (χ1v) is 7.32. The van der Waals surface area contributed by atoms with E-state index in [0.29, 0.717) is 5.06 Å². The Morgan fingerprint density at radius 1 is 1.32 bits per heavy atom. The highest BCUT2D eigenvalue weighted by atomic mass is 32.2. The fraction of sp³-hybridized carbons (Fsp3) is 0.286. The number of hydrogen-bond donors (Lipinski definition) is 0. The number of rotatable bonds is 6. The van der Waals surface area contributed by atoms with E-state index in [9.17, 15) is 14.4 Å². The van der Waals surface area contributed by atoms with Gasteiger partial charge in [-0.05, 0) is 23.9 Å². The van der Waals surface area contributed by atoms with Crippen molar-refractivity contribution in [3.63, 3.8) is 0 Å². The van der Waals surface area contributed by atoms with E-state index in [1.807, 2.05) is 5.40 Å². The molecule has 0 saturated heterocycles. The lowest BCUT2D eigenvalue weighted by Gasteiger charge is -2.19. The molecule has 1 heterocycles. The Morgan fingerprint density at radius 2 is 1.91 bits per heavy atom. The van der Waals surface area contributed by atoms with Crippen molar-refractivity contribution in [2.24, 2.45) is 0 Å². The highest BCUT2D eigenvalue weighted by Crippen LogP contribution is 2.22. The van der Waals surface area contributed by atoms with Gasteiger partial charge in [0.05, 0.1) is 11.1 Å². The highest BCUT2D eigenvalue weighted by Gasteiger charge is 2.37. The van der Waals surface area contributed by atoms with Crippen LogP contribution in [0.2, 0.25) is 0 Å². The van der Waals surface area contributed by atoms with Crippen molar-refractivity contribution in [2.45, 2.75) is 13.0 Å². The number of fused-ring (bicyclic) bond motifs is 1. The Morgan fingerprint density at radius 3 is 2.41 bits per heavy atom. The summed E-state index contributed by atoms with van der Waals surface area (Å²) in [7, 11) is 0. The third kappa shape index (κ3) is 3.44. The van der Waals surface area contributed by atoms with E-state index in [0.717, 1.165) is 11.8 Å². The van der Waals surface area contributed by atoms with Crippen LogP contribution in [0.4, 0.5) is 0 Å². The fourth-order valence-electron chi connectivity index (χ4n) is 1.92. The number of benzene rings is 1. The highest BCUT2D eigenvalue weighted by molar-refractivity contribution is 8.03. The molecule has 2 rings (SSSR count). The van der Waals surface area contributed by atoms with Crippen LogP contribution in [-0.4, -0.2) is 41.3 Å². The standard InChI is InChI=1S/C14H12N2O5S/c1-9(17)21-10(7-22-8-15)6-20-16-13(18)11-4-2-3-5-12(11)14(16)19/h2-5,10H,6-7H2,1H3. The van der Waals surface area contributed by atoms with Gasteiger partial charge >= 0.3 is 5.97 Å². The van der Waals surface area contributed by atoms with Crippen molar-refractivity contribution in [1.29, 1.82) is 5.26 Å². The molecule has 7 nitrogen and oxygen atoms in total. The zero-order valence-electron chi connectivity index (χ0n) is 11.6. The number of hydroxylamine groups is 2. The summed E-state index contributed by atoms with van der Waals surface area (Å²) in [5.41, 5.74) is 0.533. The average molecular weight is 320 g/mol. The number of amides is 2. The van der Waals surface area contributed by atoms with Crippen molar-refractivity contribution in [2.75, 3.05) is 12.4 Å². The van der Waals surface area contributed by atoms with Gasteiger partial charge in [-0.25, -0.2) is 0 Å². The Hall–Kier alpha value is -2.37. The van der Waals surface area contributed by atoms with Gasteiger partial charge in [0.2, 0.25) is 0 Å². The monoisotopic (exact) mass is 320 g/mol. The van der Waals surface area contributed by atoms with Crippen LogP contribution in [-0.2, 0) is 14.4 Å². The van der Waals surface area contributed by atoms with Crippen LogP contribution < -0.4 is 0 Å². The third-order valence-corrected chi connectivity index (χ3v) is 3.48. The molecule has 2 amide bonds. The van der Waals surface area contributed by atoms with Gasteiger partial charge < -0.3 is 4.74 Å². The molecule has 1 atom stereocenters. The molecule has 1 aromatic rings. The van der Waals surface area contributed by atoms with Gasteiger partial charge in [0.15, 0.2) is 0 Å². The van der Waals surface area contributed by atoms with E-state index in [1.165, 1.54) is 19.1 Å². The molecule has 114 valence electrons. The van der Waals surface area contributed by atoms with Gasteiger partial charge in [-0.3, -0.25) is 19.2 Å². The van der Waals surface area contributed by atoms with Crippen molar-refractivity contribution >= 4 is 29.5 Å². The number of carbonyl (C=O) groups excluding carboxylic acids is 3. The minimum Gasteiger partial charge on any atom is -0.459 e. The number of thiocyanates is 1. The normalized spacial score (nSPS) is 14.5. The summed E-state index contributed by atoms with van der Waals surface area (Å²) >= 11 is 0.890. The van der Waals surface area contributed by atoms with Gasteiger partial charge in [-0.1, -0.05) is 12.1 Å². The molecule has 0 aliphatic carbocycles. The lowest BCUT2D eigenvalue weighted by Crippen LogP contribution is -2.35. The molecule has 0 saturated carbocycles. The lowest BCUT2D eigenvalue weighted by molar-refractivity contribution is -0.156. The molecule has 1 aromatic carbocycles. The van der Waals surface area contributed by atoms with E-state index in [-0.39, 0.29) is 23.5 Å². The van der Waals surface area contributed by atoms with Crippen molar-refractivity contribution in [1.82, 2.24) is 5.06 Å². The summed E-state index contributed by atoms with van der Waals surface area (Å²) in [6, 6.07) is 6.37. The average Bonchev–Trinajstić information content (AvgIpc) is 2.74. The maximum absolute atomic E-state index is 12.1. The van der Waals surface area contributed by atoms with E-state index < -0.39 is 23.9 Å². The fourth-order valence-corrected chi connectivity index (χ4v) is 2.35. The minimum atomic E-state index is -0.730. The number of esters is 1. The number of carbonyl (C=O) groups is 3. The molecule has 1 aliphatic rings. The van der Waals surface area contributed by atoms with Crippen LogP contribution in [0.3, 0.4) is 0 Å². The number of nitriles is 1. The van der Waals surface area contributed by atoms with Crippen LogP contribution >= 0.6 is 11.8 Å². The molecule has 0 N–H and O–H groups in total. The maximum Gasteiger partial charge on any atom is 0.303 e. The molecule has 0 radical (unpaired) electrons. The van der Waals surface area contributed by atoms with Crippen LogP contribution in [0.1, 0.15) is 27.6 Å². The summed E-state index contributed by atoms with van der Waals surface area (Å²) in [5, 5.41) is 11.0. The molecule has 0 fully saturated rings. The van der Waals surface area contributed by atoms with Gasteiger partial charge in [0.25, 0.3) is 11.8 Å². The molecule has 0 bridgehead atoms. The smallest absolute Gasteiger partial charge is 0.303 e. The van der Waals surface area contributed by atoms with Crippen molar-refractivity contribution in [3.8, 4) is 5.40 Å². The van der Waals surface area contributed by atoms with Crippen LogP contribution in [0.15, 0.2) is 24.3 Å². The first-order chi connectivity index (χ1) is 10.5.